The number of hydrogen-bond acceptors (Lipinski definition) is 3. The van der Waals surface area contributed by atoms with Gasteiger partial charge < -0.3 is 10.5 Å². The SMILES string of the molecule is CC(C)(C)OC(=O)[C@@H](N)c1ccc(Cl)cc1. The van der Waals surface area contributed by atoms with Crippen LogP contribution in [-0.2, 0) is 9.53 Å². The van der Waals surface area contributed by atoms with E-state index in [2.05, 4.69) is 0 Å². The van der Waals surface area contributed by atoms with Crippen LogP contribution in [0, 0.1) is 0 Å². The molecule has 1 aromatic carbocycles. The van der Waals surface area contributed by atoms with Crippen LogP contribution in [0.1, 0.15) is 32.4 Å². The molecule has 0 aliphatic carbocycles. The summed E-state index contributed by atoms with van der Waals surface area (Å²) in [5.74, 6) is -0.435. The molecule has 1 rings (SSSR count). The number of hydrogen-bond donors (Lipinski definition) is 1. The summed E-state index contributed by atoms with van der Waals surface area (Å²) < 4.78 is 5.19. The number of carbonyl (C=O) groups is 1. The van der Waals surface area contributed by atoms with Gasteiger partial charge in [-0.25, -0.2) is 4.79 Å². The van der Waals surface area contributed by atoms with Crippen LogP contribution in [0.2, 0.25) is 5.02 Å². The van der Waals surface area contributed by atoms with Crippen molar-refractivity contribution in [2.24, 2.45) is 5.73 Å². The van der Waals surface area contributed by atoms with Gasteiger partial charge in [0.25, 0.3) is 0 Å². The molecular formula is C12H16ClNO2. The highest BCUT2D eigenvalue weighted by molar-refractivity contribution is 6.30. The molecule has 0 spiro atoms. The van der Waals surface area contributed by atoms with Crippen LogP contribution in [0.3, 0.4) is 0 Å². The van der Waals surface area contributed by atoms with Crippen LogP contribution in [0.25, 0.3) is 0 Å². The second kappa shape index (κ2) is 4.85. The molecule has 0 heterocycles. The average molecular weight is 242 g/mol. The fourth-order valence-electron chi connectivity index (χ4n) is 1.17. The van der Waals surface area contributed by atoms with Gasteiger partial charge in [-0.2, -0.15) is 0 Å². The highest BCUT2D eigenvalue weighted by atomic mass is 35.5. The molecule has 4 heteroatoms. The number of rotatable bonds is 2. The lowest BCUT2D eigenvalue weighted by atomic mass is 10.1. The van der Waals surface area contributed by atoms with Crippen molar-refractivity contribution in [3.8, 4) is 0 Å². The van der Waals surface area contributed by atoms with E-state index in [1.54, 1.807) is 45.0 Å². The Morgan fingerprint density at radius 1 is 1.31 bits per heavy atom. The maximum atomic E-state index is 11.7. The van der Waals surface area contributed by atoms with Gasteiger partial charge in [-0.3, -0.25) is 0 Å². The van der Waals surface area contributed by atoms with E-state index < -0.39 is 17.6 Å². The van der Waals surface area contributed by atoms with Crippen LogP contribution in [0.4, 0.5) is 0 Å². The standard InChI is InChI=1S/C12H16ClNO2/c1-12(2,3)16-11(15)10(14)8-4-6-9(13)7-5-8/h4-7,10H,14H2,1-3H3/t10-/m0/s1. The van der Waals surface area contributed by atoms with Crippen molar-refractivity contribution < 1.29 is 9.53 Å². The van der Waals surface area contributed by atoms with Gasteiger partial charge in [-0.15, -0.1) is 0 Å². The van der Waals surface area contributed by atoms with E-state index in [9.17, 15) is 4.79 Å². The predicted octanol–water partition coefficient (Wildman–Crippen LogP) is 2.68. The smallest absolute Gasteiger partial charge is 0.328 e. The second-order valence-electron chi connectivity index (χ2n) is 4.56. The lowest BCUT2D eigenvalue weighted by Crippen LogP contribution is -2.31. The van der Waals surface area contributed by atoms with Gasteiger partial charge in [0.2, 0.25) is 0 Å². The van der Waals surface area contributed by atoms with E-state index in [1.807, 2.05) is 0 Å². The van der Waals surface area contributed by atoms with E-state index in [1.165, 1.54) is 0 Å². The van der Waals surface area contributed by atoms with Crippen LogP contribution in [-0.4, -0.2) is 11.6 Å². The van der Waals surface area contributed by atoms with Crippen LogP contribution < -0.4 is 5.73 Å². The van der Waals surface area contributed by atoms with Crippen molar-refractivity contribution in [1.82, 2.24) is 0 Å². The molecule has 0 unspecified atom stereocenters. The number of carbonyl (C=O) groups excluding carboxylic acids is 1. The average Bonchev–Trinajstić information content (AvgIpc) is 2.15. The van der Waals surface area contributed by atoms with Gasteiger partial charge >= 0.3 is 5.97 Å². The highest BCUT2D eigenvalue weighted by Gasteiger charge is 2.23. The van der Waals surface area contributed by atoms with E-state index in [4.69, 9.17) is 22.1 Å². The topological polar surface area (TPSA) is 52.3 Å². The second-order valence-corrected chi connectivity index (χ2v) is 5.00. The van der Waals surface area contributed by atoms with E-state index in [-0.39, 0.29) is 0 Å². The molecule has 0 radical (unpaired) electrons. The largest absolute Gasteiger partial charge is 0.459 e. The zero-order chi connectivity index (χ0) is 12.3. The molecule has 2 N–H and O–H groups in total. The van der Waals surface area contributed by atoms with Crippen molar-refractivity contribution in [1.29, 1.82) is 0 Å². The fourth-order valence-corrected chi connectivity index (χ4v) is 1.30. The maximum absolute atomic E-state index is 11.7. The normalized spacial score (nSPS) is 13.3. The summed E-state index contributed by atoms with van der Waals surface area (Å²) in [7, 11) is 0. The summed E-state index contributed by atoms with van der Waals surface area (Å²) in [6, 6.07) is 6.06. The Labute approximate surface area is 101 Å². The van der Waals surface area contributed by atoms with Crippen molar-refractivity contribution in [3.05, 3.63) is 34.9 Å². The third-order valence-electron chi connectivity index (χ3n) is 1.89. The molecule has 0 amide bonds. The fraction of sp³-hybridized carbons (Fsp3) is 0.417. The molecule has 1 atom stereocenters. The minimum Gasteiger partial charge on any atom is -0.459 e. The maximum Gasteiger partial charge on any atom is 0.328 e. The number of halogens is 1. The Morgan fingerprint density at radius 3 is 2.25 bits per heavy atom. The zero-order valence-corrected chi connectivity index (χ0v) is 10.4. The molecule has 0 aliphatic heterocycles. The van der Waals surface area contributed by atoms with E-state index in [0.717, 1.165) is 0 Å². The number of esters is 1. The molecule has 0 saturated carbocycles. The monoisotopic (exact) mass is 241 g/mol. The molecule has 0 aromatic heterocycles. The first-order chi connectivity index (χ1) is 7.29. The minimum atomic E-state index is -0.767. The van der Waals surface area contributed by atoms with E-state index in [0.29, 0.717) is 10.6 Å². The first-order valence-electron chi connectivity index (χ1n) is 5.03. The van der Waals surface area contributed by atoms with Crippen molar-refractivity contribution in [3.63, 3.8) is 0 Å². The third kappa shape index (κ3) is 3.83. The molecule has 88 valence electrons. The Balaban J connectivity index is 2.74. The highest BCUT2D eigenvalue weighted by Crippen LogP contribution is 2.18. The van der Waals surface area contributed by atoms with Crippen LogP contribution in [0.15, 0.2) is 24.3 Å². The number of nitrogens with two attached hydrogens (primary N) is 1. The van der Waals surface area contributed by atoms with E-state index >= 15 is 0 Å². The first kappa shape index (κ1) is 13.0. The molecule has 1 aromatic rings. The summed E-state index contributed by atoms with van der Waals surface area (Å²) in [5.41, 5.74) is 5.94. The summed E-state index contributed by atoms with van der Waals surface area (Å²) in [5, 5.41) is 0.611. The minimum absolute atomic E-state index is 0.435. The summed E-state index contributed by atoms with van der Waals surface area (Å²) >= 11 is 5.75. The number of ether oxygens (including phenoxy) is 1. The molecular weight excluding hydrogens is 226 g/mol. The van der Waals surface area contributed by atoms with Gasteiger partial charge in [-0.05, 0) is 38.5 Å². The molecule has 0 aliphatic rings. The Bertz CT molecular complexity index is 368. The Morgan fingerprint density at radius 2 is 1.81 bits per heavy atom. The molecule has 0 bridgehead atoms. The first-order valence-corrected chi connectivity index (χ1v) is 5.41. The Hall–Kier alpha value is -1.06. The lowest BCUT2D eigenvalue weighted by Gasteiger charge is -2.22. The molecule has 0 fully saturated rings. The van der Waals surface area contributed by atoms with Crippen molar-refractivity contribution in [2.45, 2.75) is 32.4 Å². The van der Waals surface area contributed by atoms with Gasteiger partial charge in [0.15, 0.2) is 0 Å². The summed E-state index contributed by atoms with van der Waals surface area (Å²) in [4.78, 5) is 11.7. The lowest BCUT2D eigenvalue weighted by molar-refractivity contribution is -0.156. The Kier molecular flexibility index (Phi) is 3.94. The number of benzene rings is 1. The molecule has 16 heavy (non-hydrogen) atoms. The predicted molar refractivity (Wildman–Crippen MR) is 64.2 cm³/mol. The molecule has 0 saturated heterocycles. The van der Waals surface area contributed by atoms with Gasteiger partial charge in [-0.1, -0.05) is 23.7 Å². The summed E-state index contributed by atoms with van der Waals surface area (Å²) in [6.07, 6.45) is 0. The van der Waals surface area contributed by atoms with Crippen molar-refractivity contribution >= 4 is 17.6 Å². The van der Waals surface area contributed by atoms with Crippen LogP contribution >= 0.6 is 11.6 Å². The van der Waals surface area contributed by atoms with Gasteiger partial charge in [0.1, 0.15) is 11.6 Å². The summed E-state index contributed by atoms with van der Waals surface area (Å²) in [6.45, 7) is 5.42. The van der Waals surface area contributed by atoms with Crippen LogP contribution in [0.5, 0.6) is 0 Å². The quantitative estimate of drug-likeness (QED) is 0.810. The van der Waals surface area contributed by atoms with Crippen molar-refractivity contribution in [2.75, 3.05) is 0 Å². The van der Waals surface area contributed by atoms with Gasteiger partial charge in [0, 0.05) is 5.02 Å². The third-order valence-corrected chi connectivity index (χ3v) is 2.14. The molecule has 3 nitrogen and oxygen atoms in total. The zero-order valence-electron chi connectivity index (χ0n) is 9.66. The van der Waals surface area contributed by atoms with Gasteiger partial charge in [0.05, 0.1) is 0 Å².